The first-order valence-corrected chi connectivity index (χ1v) is 6.54. The van der Waals surface area contributed by atoms with Gasteiger partial charge in [0.25, 0.3) is 0 Å². The van der Waals surface area contributed by atoms with Crippen molar-refractivity contribution in [3.63, 3.8) is 0 Å². The molecule has 5 nitrogen and oxygen atoms in total. The van der Waals surface area contributed by atoms with Gasteiger partial charge in [-0.2, -0.15) is 5.10 Å². The predicted molar refractivity (Wildman–Crippen MR) is 71.7 cm³/mol. The number of rotatable bonds is 1. The van der Waals surface area contributed by atoms with Gasteiger partial charge in [-0.1, -0.05) is 0 Å². The normalized spacial score (nSPS) is 14.2. The number of aromatic nitrogens is 2. The Labute approximate surface area is 117 Å². The lowest BCUT2D eigenvalue weighted by Gasteiger charge is -2.13. The zero-order chi connectivity index (χ0) is 13.4. The molecule has 0 fully saturated rings. The van der Waals surface area contributed by atoms with Crippen molar-refractivity contribution in [2.24, 2.45) is 0 Å². The second kappa shape index (κ2) is 4.73. The van der Waals surface area contributed by atoms with Gasteiger partial charge in [0.2, 0.25) is 0 Å². The molecule has 0 atom stereocenters. The lowest BCUT2D eigenvalue weighted by molar-refractivity contribution is 0.296. The molecule has 0 saturated carbocycles. The van der Waals surface area contributed by atoms with Crippen LogP contribution in [0.3, 0.4) is 0 Å². The summed E-state index contributed by atoms with van der Waals surface area (Å²) in [6.07, 6.45) is 2.23. The number of nitrogens with one attached hydrogen (secondary N) is 1. The first-order chi connectivity index (χ1) is 9.18. The fourth-order valence-electron chi connectivity index (χ4n) is 1.95. The van der Waals surface area contributed by atoms with Crippen molar-refractivity contribution in [2.45, 2.75) is 6.42 Å². The summed E-state index contributed by atoms with van der Waals surface area (Å²) in [4.78, 5) is 0. The van der Waals surface area contributed by atoms with Gasteiger partial charge in [-0.3, -0.25) is 5.10 Å². The summed E-state index contributed by atoms with van der Waals surface area (Å²) in [6, 6.07) is 1.59. The zero-order valence-corrected chi connectivity index (χ0v) is 11.5. The van der Waals surface area contributed by atoms with Crippen molar-refractivity contribution < 1.29 is 13.9 Å². The molecule has 19 heavy (non-hydrogen) atoms. The van der Waals surface area contributed by atoms with E-state index in [0.29, 0.717) is 41.7 Å². The number of anilines is 1. The number of nitrogens with zero attached hydrogens (tertiary/aromatic N) is 1. The summed E-state index contributed by atoms with van der Waals surface area (Å²) < 4.78 is 25.7. The van der Waals surface area contributed by atoms with Crippen molar-refractivity contribution in [3.8, 4) is 22.6 Å². The molecular weight excluding hydrogens is 317 g/mol. The van der Waals surface area contributed by atoms with Crippen LogP contribution in [0.25, 0.3) is 11.1 Å². The molecule has 0 radical (unpaired) electrons. The monoisotopic (exact) mass is 327 g/mol. The minimum absolute atomic E-state index is 0.238. The molecule has 0 aliphatic carbocycles. The van der Waals surface area contributed by atoms with Crippen LogP contribution >= 0.6 is 15.9 Å². The van der Waals surface area contributed by atoms with Gasteiger partial charge in [-0.15, -0.1) is 0 Å². The topological polar surface area (TPSA) is 73.2 Å². The van der Waals surface area contributed by atoms with E-state index in [9.17, 15) is 4.39 Å². The third kappa shape index (κ3) is 2.03. The fourth-order valence-corrected chi connectivity index (χ4v) is 2.47. The molecule has 1 aliphatic rings. The Morgan fingerprint density at radius 3 is 2.84 bits per heavy atom. The summed E-state index contributed by atoms with van der Waals surface area (Å²) in [5.41, 5.74) is 6.54. The van der Waals surface area contributed by atoms with E-state index in [4.69, 9.17) is 15.2 Å². The quantitative estimate of drug-likeness (QED) is 0.844. The molecule has 3 rings (SSSR count). The molecule has 0 saturated heterocycles. The SMILES string of the molecule is Nc1[nH]ncc1-c1cc2c(c(Br)c1F)OCCCO2. The Morgan fingerprint density at radius 2 is 2.11 bits per heavy atom. The number of benzene rings is 1. The highest BCUT2D eigenvalue weighted by atomic mass is 79.9. The molecule has 100 valence electrons. The fraction of sp³-hybridized carbons (Fsp3) is 0.250. The third-order valence-corrected chi connectivity index (χ3v) is 3.59. The molecule has 2 heterocycles. The molecule has 2 aromatic rings. The Kier molecular flexibility index (Phi) is 3.06. The van der Waals surface area contributed by atoms with Gasteiger partial charge in [0, 0.05) is 17.5 Å². The highest BCUT2D eigenvalue weighted by Gasteiger charge is 2.23. The van der Waals surface area contributed by atoms with Crippen LogP contribution in [0.15, 0.2) is 16.7 Å². The van der Waals surface area contributed by atoms with E-state index in [2.05, 4.69) is 26.1 Å². The van der Waals surface area contributed by atoms with Crippen LogP contribution in [0.2, 0.25) is 0 Å². The Hall–Kier alpha value is -1.76. The lowest BCUT2D eigenvalue weighted by atomic mass is 10.1. The molecule has 0 amide bonds. The second-order valence-electron chi connectivity index (χ2n) is 4.13. The van der Waals surface area contributed by atoms with Gasteiger partial charge in [-0.25, -0.2) is 4.39 Å². The Balaban J connectivity index is 2.19. The maximum absolute atomic E-state index is 14.4. The zero-order valence-electron chi connectivity index (χ0n) is 9.87. The molecule has 0 spiro atoms. The van der Waals surface area contributed by atoms with E-state index in [-0.39, 0.29) is 4.47 Å². The molecule has 1 aromatic carbocycles. The average molecular weight is 328 g/mol. The predicted octanol–water partition coefficient (Wildman–Crippen LogP) is 2.72. The standard InChI is InChI=1S/C12H11BrFN3O2/c13-9-10(14)6(7-5-16-17-12(7)15)4-8-11(9)19-3-1-2-18-8/h4-5H,1-3H2,(H3,15,16,17). The van der Waals surface area contributed by atoms with Crippen LogP contribution in [0, 0.1) is 5.82 Å². The first kappa shape index (κ1) is 12.3. The van der Waals surface area contributed by atoms with Gasteiger partial charge in [-0.05, 0) is 22.0 Å². The lowest BCUT2D eigenvalue weighted by Crippen LogP contribution is -1.98. The van der Waals surface area contributed by atoms with Crippen LogP contribution in [-0.2, 0) is 0 Å². The Morgan fingerprint density at radius 1 is 1.32 bits per heavy atom. The van der Waals surface area contributed by atoms with Gasteiger partial charge in [0.15, 0.2) is 11.5 Å². The number of halogens is 2. The van der Waals surface area contributed by atoms with Crippen LogP contribution in [0.4, 0.5) is 10.2 Å². The van der Waals surface area contributed by atoms with Crippen LogP contribution in [0.5, 0.6) is 11.5 Å². The molecule has 3 N–H and O–H groups in total. The van der Waals surface area contributed by atoms with E-state index in [1.54, 1.807) is 6.07 Å². The number of hydrogen-bond donors (Lipinski definition) is 2. The Bertz CT molecular complexity index is 630. The van der Waals surface area contributed by atoms with Crippen molar-refractivity contribution in [3.05, 3.63) is 22.6 Å². The molecule has 0 bridgehead atoms. The van der Waals surface area contributed by atoms with Crippen LogP contribution in [0.1, 0.15) is 6.42 Å². The third-order valence-electron chi connectivity index (χ3n) is 2.88. The number of nitrogen functional groups attached to an aromatic ring is 1. The molecule has 7 heteroatoms. The van der Waals surface area contributed by atoms with Crippen molar-refractivity contribution in [1.82, 2.24) is 10.2 Å². The minimum Gasteiger partial charge on any atom is -0.489 e. The number of fused-ring (bicyclic) bond motifs is 1. The van der Waals surface area contributed by atoms with E-state index in [1.807, 2.05) is 0 Å². The summed E-state index contributed by atoms with van der Waals surface area (Å²) in [7, 11) is 0. The summed E-state index contributed by atoms with van der Waals surface area (Å²) in [5, 5.41) is 6.38. The van der Waals surface area contributed by atoms with Crippen LogP contribution in [-0.4, -0.2) is 23.4 Å². The summed E-state index contributed by atoms with van der Waals surface area (Å²) >= 11 is 3.21. The smallest absolute Gasteiger partial charge is 0.178 e. The molecule has 1 aromatic heterocycles. The average Bonchev–Trinajstić information content (AvgIpc) is 2.68. The van der Waals surface area contributed by atoms with Gasteiger partial charge < -0.3 is 15.2 Å². The van der Waals surface area contributed by atoms with Gasteiger partial charge in [0.05, 0.1) is 23.9 Å². The molecular formula is C12H11BrFN3O2. The number of ether oxygens (including phenoxy) is 2. The second-order valence-corrected chi connectivity index (χ2v) is 4.92. The summed E-state index contributed by atoms with van der Waals surface area (Å²) in [6.45, 7) is 1.03. The van der Waals surface area contributed by atoms with Gasteiger partial charge >= 0.3 is 0 Å². The minimum atomic E-state index is -0.447. The highest BCUT2D eigenvalue weighted by molar-refractivity contribution is 9.10. The van der Waals surface area contributed by atoms with Crippen molar-refractivity contribution in [2.75, 3.05) is 18.9 Å². The largest absolute Gasteiger partial charge is 0.489 e. The maximum atomic E-state index is 14.4. The van der Waals surface area contributed by atoms with Crippen molar-refractivity contribution in [1.29, 1.82) is 0 Å². The summed E-state index contributed by atoms with van der Waals surface area (Å²) in [5.74, 6) is 0.750. The van der Waals surface area contributed by atoms with E-state index >= 15 is 0 Å². The number of nitrogens with two attached hydrogens (primary N) is 1. The molecule has 1 aliphatic heterocycles. The molecule has 0 unspecified atom stereocenters. The first-order valence-electron chi connectivity index (χ1n) is 5.75. The van der Waals surface area contributed by atoms with E-state index in [0.717, 1.165) is 6.42 Å². The highest BCUT2D eigenvalue weighted by Crippen LogP contribution is 2.44. The van der Waals surface area contributed by atoms with Crippen molar-refractivity contribution >= 4 is 21.7 Å². The number of aromatic amines is 1. The van der Waals surface area contributed by atoms with E-state index in [1.165, 1.54) is 6.20 Å². The van der Waals surface area contributed by atoms with E-state index < -0.39 is 5.82 Å². The number of H-pyrrole nitrogens is 1. The van der Waals surface area contributed by atoms with Gasteiger partial charge in [0.1, 0.15) is 11.6 Å². The maximum Gasteiger partial charge on any atom is 0.178 e. The van der Waals surface area contributed by atoms with Crippen LogP contribution < -0.4 is 15.2 Å². The number of hydrogen-bond acceptors (Lipinski definition) is 4.